The summed E-state index contributed by atoms with van der Waals surface area (Å²) in [7, 11) is -5.34. The minimum atomic E-state index is -3.20. The summed E-state index contributed by atoms with van der Waals surface area (Å²) in [6, 6.07) is 18.5. The van der Waals surface area contributed by atoms with Crippen LogP contribution in [0.3, 0.4) is 0 Å². The molecule has 0 aromatic heterocycles. The predicted octanol–water partition coefficient (Wildman–Crippen LogP) is 10.8. The molecule has 4 aromatic rings. The van der Waals surface area contributed by atoms with Gasteiger partial charge < -0.3 is 29.4 Å². The Labute approximate surface area is 409 Å². The third-order valence-corrected chi connectivity index (χ3v) is 12.2. The quantitative estimate of drug-likeness (QED) is 0.0152. The Balaban J connectivity index is 0.000000609. The first-order valence-corrected chi connectivity index (χ1v) is 24.0. The maximum absolute atomic E-state index is 12.7. The van der Waals surface area contributed by atoms with Gasteiger partial charge in [-0.3, -0.25) is 0 Å². The Bertz CT molecular complexity index is 1840. The van der Waals surface area contributed by atoms with Crippen LogP contribution >= 0.6 is 8.58 Å². The molecule has 4 rings (SSSR count). The SMILES string of the molecule is CCCCCCCCCCCCc1ccccc1Pc1ccccc1CCCCCCCCCCCC.[O-]B(O)Oc1c(F)c(F)c(F)c(F)c1F.[O-]B([O-])Oc1c(F)c(F)c(F)c(F)c1F.[Ru+3]. The Kier molecular flexibility index (Phi) is 33.1. The molecule has 0 saturated heterocycles. The largest absolute Gasteiger partial charge is 3.00 e. The minimum absolute atomic E-state index is 0. The fraction of sp³-hybridized carbons (Fsp3) is 0.500. The van der Waals surface area contributed by atoms with E-state index in [4.69, 9.17) is 5.02 Å². The van der Waals surface area contributed by atoms with E-state index in [0.717, 1.165) is 8.58 Å². The van der Waals surface area contributed by atoms with Crippen LogP contribution in [-0.2, 0) is 32.3 Å². The number of hydrogen-bond acceptors (Lipinski definition) is 6. The summed E-state index contributed by atoms with van der Waals surface area (Å²) in [6.45, 7) is 4.60. The average molecular weight is 1080 g/mol. The molecule has 0 bridgehead atoms. The first kappa shape index (κ1) is 62.8. The third-order valence-electron chi connectivity index (χ3n) is 10.7. The van der Waals surface area contributed by atoms with E-state index in [1.54, 1.807) is 21.7 Å². The van der Waals surface area contributed by atoms with Gasteiger partial charge in [-0.25, -0.2) is 26.3 Å². The summed E-state index contributed by atoms with van der Waals surface area (Å²) < 4.78 is 132. The number of aryl methyl sites for hydroxylation is 2. The van der Waals surface area contributed by atoms with E-state index in [1.807, 2.05) is 0 Å². The molecule has 1 radical (unpaired) electrons. The summed E-state index contributed by atoms with van der Waals surface area (Å²) in [4.78, 5) is 0. The van der Waals surface area contributed by atoms with Gasteiger partial charge in [0, 0.05) is 0 Å². The molecule has 0 spiro atoms. The first-order valence-electron chi connectivity index (χ1n) is 23.0. The van der Waals surface area contributed by atoms with Crippen molar-refractivity contribution in [2.24, 2.45) is 0 Å². The molecule has 0 aliphatic heterocycles. The molecule has 0 amide bonds. The van der Waals surface area contributed by atoms with Gasteiger partial charge in [-0.05, 0) is 47.4 Å². The van der Waals surface area contributed by atoms with Gasteiger partial charge in [0.2, 0.25) is 58.2 Å². The van der Waals surface area contributed by atoms with Crippen LogP contribution in [0.25, 0.3) is 0 Å². The topological polar surface area (TPSA) is 108 Å². The van der Waals surface area contributed by atoms with Crippen molar-refractivity contribution >= 4 is 33.8 Å². The Morgan fingerprint density at radius 2 is 0.676 bits per heavy atom. The van der Waals surface area contributed by atoms with E-state index in [0.29, 0.717) is 0 Å². The zero-order valence-electron chi connectivity index (χ0n) is 38.5. The van der Waals surface area contributed by atoms with Crippen LogP contribution in [0.4, 0.5) is 43.9 Å². The summed E-state index contributed by atoms with van der Waals surface area (Å²) in [6.07, 6.45) is 30.8. The van der Waals surface area contributed by atoms with Gasteiger partial charge in [0.05, 0.1) is 0 Å². The molecule has 6 nitrogen and oxygen atoms in total. The smallest absolute Gasteiger partial charge is 0.860 e. The molecule has 0 heterocycles. The van der Waals surface area contributed by atoms with E-state index < -0.39 is 84.3 Å². The van der Waals surface area contributed by atoms with Gasteiger partial charge >= 0.3 is 26.8 Å². The zero-order valence-corrected chi connectivity index (χ0v) is 41.2. The molecule has 0 unspecified atom stereocenters. The van der Waals surface area contributed by atoms with E-state index in [-0.39, 0.29) is 19.5 Å². The Morgan fingerprint density at radius 1 is 0.412 bits per heavy atom. The fourth-order valence-electron chi connectivity index (χ4n) is 7.04. The monoisotopic (exact) mass is 1080 g/mol. The fourth-order valence-corrected chi connectivity index (χ4v) is 8.43. The first-order chi connectivity index (χ1) is 32.1. The normalized spacial score (nSPS) is 10.7. The molecule has 377 valence electrons. The molecule has 0 aliphatic rings. The second kappa shape index (κ2) is 35.8. The number of hydrogen-bond donors (Lipinski definition) is 1. The summed E-state index contributed by atoms with van der Waals surface area (Å²) in [5, 5.41) is 40.9. The predicted molar refractivity (Wildman–Crippen MR) is 239 cm³/mol. The van der Waals surface area contributed by atoms with Crippen LogP contribution in [0.15, 0.2) is 48.5 Å². The van der Waals surface area contributed by atoms with E-state index in [2.05, 4.69) is 71.7 Å². The third kappa shape index (κ3) is 22.7. The van der Waals surface area contributed by atoms with Crippen LogP contribution in [0.1, 0.15) is 153 Å². The van der Waals surface area contributed by atoms with Gasteiger partial charge in [-0.15, -0.1) is 0 Å². The van der Waals surface area contributed by atoms with E-state index >= 15 is 0 Å². The maximum atomic E-state index is 12.7. The van der Waals surface area contributed by atoms with Crippen LogP contribution in [0.2, 0.25) is 0 Å². The van der Waals surface area contributed by atoms with Crippen molar-refractivity contribution in [3.63, 3.8) is 0 Å². The summed E-state index contributed by atoms with van der Waals surface area (Å²) >= 11 is 0. The van der Waals surface area contributed by atoms with Crippen molar-refractivity contribution in [3.05, 3.63) is 118 Å². The van der Waals surface area contributed by atoms with Crippen LogP contribution in [0, 0.1) is 58.2 Å². The number of unbranched alkanes of at least 4 members (excludes halogenated alkanes) is 18. The molecular formula is C48H60B2F10O6PRu. The van der Waals surface area contributed by atoms with Crippen LogP contribution < -0.4 is 35.0 Å². The van der Waals surface area contributed by atoms with E-state index in [9.17, 15) is 59.0 Å². The molecule has 4 aromatic carbocycles. The van der Waals surface area contributed by atoms with Gasteiger partial charge in [-0.1, -0.05) is 187 Å². The van der Waals surface area contributed by atoms with Crippen molar-refractivity contribution < 1.29 is 92.8 Å². The van der Waals surface area contributed by atoms with Crippen molar-refractivity contribution in [2.45, 2.75) is 155 Å². The minimum Gasteiger partial charge on any atom is -0.860 e. The molecule has 0 aliphatic carbocycles. The van der Waals surface area contributed by atoms with Gasteiger partial charge in [-0.2, -0.15) is 17.6 Å². The Morgan fingerprint density at radius 3 is 0.971 bits per heavy atom. The zero-order chi connectivity index (χ0) is 49.7. The summed E-state index contributed by atoms with van der Waals surface area (Å²) in [5.74, 6) is -26.9. The molecular weight excluding hydrogens is 1020 g/mol. The molecule has 68 heavy (non-hydrogen) atoms. The van der Waals surface area contributed by atoms with Crippen LogP contribution in [0.5, 0.6) is 11.5 Å². The van der Waals surface area contributed by atoms with Gasteiger partial charge in [0.25, 0.3) is 0 Å². The number of halogens is 10. The van der Waals surface area contributed by atoms with Crippen molar-refractivity contribution in [3.8, 4) is 11.5 Å². The molecule has 20 heteroatoms. The van der Waals surface area contributed by atoms with Crippen molar-refractivity contribution in [2.75, 3.05) is 0 Å². The van der Waals surface area contributed by atoms with Crippen molar-refractivity contribution in [1.82, 2.24) is 0 Å². The molecule has 0 atom stereocenters. The van der Waals surface area contributed by atoms with E-state index in [1.165, 1.54) is 141 Å². The summed E-state index contributed by atoms with van der Waals surface area (Å²) in [5.41, 5.74) is 3.18. The molecule has 0 fully saturated rings. The molecule has 0 saturated carbocycles. The number of benzene rings is 4. The van der Waals surface area contributed by atoms with Gasteiger partial charge in [0.1, 0.15) is 7.32 Å². The maximum Gasteiger partial charge on any atom is 3.00 e. The molecule has 1 N–H and O–H groups in total. The van der Waals surface area contributed by atoms with Crippen molar-refractivity contribution in [1.29, 1.82) is 0 Å². The van der Waals surface area contributed by atoms with Crippen LogP contribution in [-0.4, -0.2) is 19.7 Å². The average Bonchev–Trinajstić information content (AvgIpc) is 3.31. The standard InChI is InChI=1S/C36H59P.C6HBF5O3.C6BF5O3.Ru/c1-3-5-7-9-11-13-15-17-19-21-27-33-29-23-25-31-35(33)37-36-32-26-24-30-34(36)28-22-20-18-16-14-12-10-8-6-4-2;2*8-1-2(9)4(11)6(15-7(13)14)5(12)3(1)10;/h23-26,29-32,37H,3-22,27-28H2,1-2H3;13H;;/q;-1;-2;+3. The Hall–Kier alpha value is -3.20. The second-order valence-corrected chi connectivity index (χ2v) is 17.3. The number of rotatable bonds is 28. The van der Waals surface area contributed by atoms with Gasteiger partial charge in [0.15, 0.2) is 11.5 Å². The second-order valence-electron chi connectivity index (χ2n) is 15.9.